The molecule has 0 bridgehead atoms. The largest absolute Gasteiger partial charge is 0.393 e. The van der Waals surface area contributed by atoms with E-state index in [0.717, 1.165) is 32.2 Å². The van der Waals surface area contributed by atoms with E-state index >= 15 is 0 Å². The molecule has 4 heteroatoms. The van der Waals surface area contributed by atoms with Gasteiger partial charge in [0, 0.05) is 12.5 Å². The highest BCUT2D eigenvalue weighted by Crippen LogP contribution is 2.23. The maximum Gasteiger partial charge on any atom is 0.239 e. The molecule has 0 aromatic heterocycles. The third-order valence-electron chi connectivity index (χ3n) is 3.58. The summed E-state index contributed by atoms with van der Waals surface area (Å²) in [7, 11) is 0. The van der Waals surface area contributed by atoms with Gasteiger partial charge in [-0.15, -0.1) is 0 Å². The Morgan fingerprint density at radius 2 is 2.00 bits per heavy atom. The quantitative estimate of drug-likeness (QED) is 0.675. The van der Waals surface area contributed by atoms with Crippen LogP contribution in [0.5, 0.6) is 0 Å². The van der Waals surface area contributed by atoms with E-state index in [1.54, 1.807) is 0 Å². The van der Waals surface area contributed by atoms with Crippen molar-refractivity contribution >= 4 is 5.91 Å². The summed E-state index contributed by atoms with van der Waals surface area (Å²) in [5, 5.41) is 15.9. The van der Waals surface area contributed by atoms with Crippen molar-refractivity contribution in [3.05, 3.63) is 0 Å². The molecule has 0 radical (unpaired) electrons. The van der Waals surface area contributed by atoms with Crippen LogP contribution in [-0.4, -0.2) is 35.7 Å². The zero-order valence-corrected chi connectivity index (χ0v) is 11.3. The first-order valence-electron chi connectivity index (χ1n) is 6.68. The van der Waals surface area contributed by atoms with Crippen LogP contribution in [0.3, 0.4) is 0 Å². The van der Waals surface area contributed by atoms with Gasteiger partial charge in [-0.2, -0.15) is 0 Å². The van der Waals surface area contributed by atoms with Crippen LogP contribution in [0, 0.1) is 5.92 Å². The smallest absolute Gasteiger partial charge is 0.239 e. The van der Waals surface area contributed by atoms with Crippen molar-refractivity contribution in [1.29, 1.82) is 0 Å². The molecule has 1 rings (SSSR count). The highest BCUT2D eigenvalue weighted by Gasteiger charge is 2.28. The zero-order valence-electron chi connectivity index (χ0n) is 11.3. The van der Waals surface area contributed by atoms with Gasteiger partial charge in [-0.25, -0.2) is 0 Å². The Morgan fingerprint density at radius 1 is 1.35 bits per heavy atom. The van der Waals surface area contributed by atoms with Gasteiger partial charge in [0.2, 0.25) is 5.91 Å². The summed E-state index contributed by atoms with van der Waals surface area (Å²) in [5.41, 5.74) is -0.533. The van der Waals surface area contributed by atoms with E-state index in [1.807, 2.05) is 20.8 Å². The number of hydrogen-bond donors (Lipinski definition) is 3. The molecule has 1 aliphatic carbocycles. The number of carbonyl (C=O) groups is 1. The first kappa shape index (κ1) is 14.5. The van der Waals surface area contributed by atoms with Crippen molar-refractivity contribution in [3.63, 3.8) is 0 Å². The van der Waals surface area contributed by atoms with Gasteiger partial charge in [-0.05, 0) is 33.2 Å². The Balaban J connectivity index is 2.36. The zero-order chi connectivity index (χ0) is 12.9. The van der Waals surface area contributed by atoms with Gasteiger partial charge in [0.15, 0.2) is 0 Å². The minimum absolute atomic E-state index is 0.0112. The summed E-state index contributed by atoms with van der Waals surface area (Å²) >= 11 is 0. The van der Waals surface area contributed by atoms with Gasteiger partial charge >= 0.3 is 0 Å². The number of likely N-dealkylation sites (N-methyl/N-ethyl adjacent to an activating group) is 1. The number of rotatable bonds is 5. The molecular weight excluding hydrogens is 216 g/mol. The fraction of sp³-hybridized carbons (Fsp3) is 0.923. The van der Waals surface area contributed by atoms with Crippen LogP contribution in [0.4, 0.5) is 0 Å². The van der Waals surface area contributed by atoms with E-state index in [1.165, 1.54) is 0 Å². The van der Waals surface area contributed by atoms with E-state index < -0.39 is 5.54 Å². The standard InChI is InChI=1S/C13H26N2O2/c1-4-15-13(2,3)12(17)14-9-10-7-5-6-8-11(10)16/h10-11,15-16H,4-9H2,1-3H3,(H,14,17). The van der Waals surface area contributed by atoms with Gasteiger partial charge in [0.05, 0.1) is 11.6 Å². The number of aliphatic hydroxyl groups excluding tert-OH is 1. The molecule has 0 aromatic carbocycles. The third kappa shape index (κ3) is 4.28. The summed E-state index contributed by atoms with van der Waals surface area (Å²) < 4.78 is 0. The highest BCUT2D eigenvalue weighted by atomic mass is 16.3. The van der Waals surface area contributed by atoms with Crippen molar-refractivity contribution < 1.29 is 9.90 Å². The number of nitrogens with one attached hydrogen (secondary N) is 2. The highest BCUT2D eigenvalue weighted by molar-refractivity contribution is 5.85. The normalized spacial score (nSPS) is 25.6. The van der Waals surface area contributed by atoms with E-state index in [-0.39, 0.29) is 17.9 Å². The molecule has 1 aliphatic rings. The molecule has 2 atom stereocenters. The number of amides is 1. The molecule has 4 nitrogen and oxygen atoms in total. The first-order valence-corrected chi connectivity index (χ1v) is 6.68. The lowest BCUT2D eigenvalue weighted by Crippen LogP contribution is -2.53. The molecule has 17 heavy (non-hydrogen) atoms. The third-order valence-corrected chi connectivity index (χ3v) is 3.58. The van der Waals surface area contributed by atoms with Gasteiger partial charge in [-0.3, -0.25) is 4.79 Å². The molecule has 2 unspecified atom stereocenters. The van der Waals surface area contributed by atoms with Crippen molar-refractivity contribution in [2.75, 3.05) is 13.1 Å². The van der Waals surface area contributed by atoms with Crippen LogP contribution < -0.4 is 10.6 Å². The van der Waals surface area contributed by atoms with Gasteiger partial charge in [-0.1, -0.05) is 19.8 Å². The molecule has 100 valence electrons. The van der Waals surface area contributed by atoms with Crippen LogP contribution in [0.25, 0.3) is 0 Å². The van der Waals surface area contributed by atoms with Crippen LogP contribution in [0.2, 0.25) is 0 Å². The second kappa shape index (κ2) is 6.36. The lowest BCUT2D eigenvalue weighted by Gasteiger charge is -2.30. The minimum Gasteiger partial charge on any atom is -0.393 e. The van der Waals surface area contributed by atoms with E-state index in [0.29, 0.717) is 6.54 Å². The Morgan fingerprint density at radius 3 is 2.59 bits per heavy atom. The Bertz CT molecular complexity index is 254. The molecular formula is C13H26N2O2. The molecule has 0 heterocycles. The van der Waals surface area contributed by atoms with Gasteiger partial charge in [0.1, 0.15) is 0 Å². The second-order valence-corrected chi connectivity index (χ2v) is 5.48. The monoisotopic (exact) mass is 242 g/mol. The fourth-order valence-electron chi connectivity index (χ4n) is 2.39. The number of aliphatic hydroxyl groups is 1. The summed E-state index contributed by atoms with van der Waals surface area (Å²) in [6, 6.07) is 0. The first-order chi connectivity index (χ1) is 7.97. The Kier molecular flexibility index (Phi) is 5.40. The maximum atomic E-state index is 11.9. The van der Waals surface area contributed by atoms with E-state index in [9.17, 15) is 9.90 Å². The lowest BCUT2D eigenvalue weighted by molar-refractivity contribution is -0.126. The van der Waals surface area contributed by atoms with E-state index in [4.69, 9.17) is 0 Å². The van der Waals surface area contributed by atoms with Gasteiger partial charge in [0.25, 0.3) is 0 Å². The average Bonchev–Trinajstić information content (AvgIpc) is 2.27. The van der Waals surface area contributed by atoms with Crippen LogP contribution in [0.1, 0.15) is 46.5 Å². The predicted octanol–water partition coefficient (Wildman–Crippen LogP) is 1.04. The fourth-order valence-corrected chi connectivity index (χ4v) is 2.39. The van der Waals surface area contributed by atoms with Crippen LogP contribution in [0.15, 0.2) is 0 Å². The molecule has 1 amide bonds. The van der Waals surface area contributed by atoms with Gasteiger partial charge < -0.3 is 15.7 Å². The average molecular weight is 242 g/mol. The number of hydrogen-bond acceptors (Lipinski definition) is 3. The van der Waals surface area contributed by atoms with Crippen molar-refractivity contribution in [2.24, 2.45) is 5.92 Å². The Hall–Kier alpha value is -0.610. The summed E-state index contributed by atoms with van der Waals surface area (Å²) in [4.78, 5) is 11.9. The maximum absolute atomic E-state index is 11.9. The summed E-state index contributed by atoms with van der Waals surface area (Å²) in [5.74, 6) is 0.238. The van der Waals surface area contributed by atoms with Crippen LogP contribution >= 0.6 is 0 Å². The molecule has 3 N–H and O–H groups in total. The molecule has 0 saturated heterocycles. The summed E-state index contributed by atoms with van der Waals surface area (Å²) in [6.45, 7) is 7.10. The van der Waals surface area contributed by atoms with E-state index in [2.05, 4.69) is 10.6 Å². The van der Waals surface area contributed by atoms with Crippen molar-refractivity contribution in [2.45, 2.75) is 58.1 Å². The lowest BCUT2D eigenvalue weighted by atomic mass is 9.86. The predicted molar refractivity (Wildman–Crippen MR) is 68.7 cm³/mol. The van der Waals surface area contributed by atoms with Crippen molar-refractivity contribution in [1.82, 2.24) is 10.6 Å². The topological polar surface area (TPSA) is 61.4 Å². The molecule has 1 saturated carbocycles. The second-order valence-electron chi connectivity index (χ2n) is 5.48. The molecule has 0 aliphatic heterocycles. The molecule has 0 spiro atoms. The molecule has 0 aromatic rings. The van der Waals surface area contributed by atoms with Crippen molar-refractivity contribution in [3.8, 4) is 0 Å². The molecule has 1 fully saturated rings. The Labute approximate surface area is 104 Å². The number of carbonyl (C=O) groups excluding carboxylic acids is 1. The van der Waals surface area contributed by atoms with Crippen LogP contribution in [-0.2, 0) is 4.79 Å². The summed E-state index contributed by atoms with van der Waals surface area (Å²) in [6.07, 6.45) is 3.91. The SMILES string of the molecule is CCNC(C)(C)C(=O)NCC1CCCCC1O. The minimum atomic E-state index is -0.533.